The number of nitrogens with one attached hydrogen (secondary N) is 1. The fourth-order valence-electron chi connectivity index (χ4n) is 2.35. The van der Waals surface area contributed by atoms with Gasteiger partial charge in [0.2, 0.25) is 0 Å². The van der Waals surface area contributed by atoms with Gasteiger partial charge < -0.3 is 5.32 Å². The molecule has 1 aromatic carbocycles. The Labute approximate surface area is 100 Å². The van der Waals surface area contributed by atoms with Crippen LogP contribution in [-0.4, -0.2) is 6.04 Å². The smallest absolute Gasteiger partial charge is 0.0343 e. The van der Waals surface area contributed by atoms with Gasteiger partial charge in [-0.2, -0.15) is 0 Å². The minimum atomic E-state index is 0.676. The largest absolute Gasteiger partial charge is 0.382 e. The first-order valence-electron chi connectivity index (χ1n) is 5.76. The van der Waals surface area contributed by atoms with Crippen molar-refractivity contribution in [2.45, 2.75) is 38.6 Å². The monoisotopic (exact) mass is 267 g/mol. The van der Waals surface area contributed by atoms with Gasteiger partial charge in [0.05, 0.1) is 0 Å². The molecule has 82 valence electrons. The molecule has 1 saturated carbocycles. The Morgan fingerprint density at radius 3 is 2.60 bits per heavy atom. The molecule has 0 aromatic heterocycles. The van der Waals surface area contributed by atoms with Gasteiger partial charge in [-0.3, -0.25) is 0 Å². The summed E-state index contributed by atoms with van der Waals surface area (Å²) in [5.74, 6) is 0.881. The third-order valence-electron chi connectivity index (χ3n) is 3.15. The van der Waals surface area contributed by atoms with E-state index in [0.29, 0.717) is 6.04 Å². The van der Waals surface area contributed by atoms with Gasteiger partial charge in [0.1, 0.15) is 0 Å². The molecule has 1 fully saturated rings. The Hall–Kier alpha value is -0.500. The van der Waals surface area contributed by atoms with Crippen molar-refractivity contribution in [2.75, 3.05) is 5.32 Å². The van der Waals surface area contributed by atoms with Crippen molar-refractivity contribution in [3.63, 3.8) is 0 Å². The van der Waals surface area contributed by atoms with Crippen LogP contribution >= 0.6 is 15.9 Å². The minimum Gasteiger partial charge on any atom is -0.382 e. The molecule has 2 unspecified atom stereocenters. The van der Waals surface area contributed by atoms with Gasteiger partial charge in [-0.15, -0.1) is 0 Å². The van der Waals surface area contributed by atoms with E-state index >= 15 is 0 Å². The van der Waals surface area contributed by atoms with E-state index in [4.69, 9.17) is 0 Å². The van der Waals surface area contributed by atoms with Crippen molar-refractivity contribution in [3.05, 3.63) is 28.7 Å². The van der Waals surface area contributed by atoms with Crippen molar-refractivity contribution < 1.29 is 0 Å². The molecule has 1 aliphatic rings. The summed E-state index contributed by atoms with van der Waals surface area (Å²) in [6.45, 7) is 2.36. The van der Waals surface area contributed by atoms with Crippen molar-refractivity contribution in [3.8, 4) is 0 Å². The zero-order valence-electron chi connectivity index (χ0n) is 9.17. The summed E-state index contributed by atoms with van der Waals surface area (Å²) in [5.41, 5.74) is 1.25. The molecule has 0 radical (unpaired) electrons. The second-order valence-electron chi connectivity index (χ2n) is 4.62. The molecule has 2 rings (SSSR count). The van der Waals surface area contributed by atoms with E-state index in [-0.39, 0.29) is 0 Å². The van der Waals surface area contributed by atoms with E-state index in [0.717, 1.165) is 10.4 Å². The van der Waals surface area contributed by atoms with Crippen molar-refractivity contribution >= 4 is 21.6 Å². The first-order valence-corrected chi connectivity index (χ1v) is 6.55. The maximum absolute atomic E-state index is 3.62. The summed E-state index contributed by atoms with van der Waals surface area (Å²) in [4.78, 5) is 0. The third kappa shape index (κ3) is 3.23. The van der Waals surface area contributed by atoms with Gasteiger partial charge in [-0.05, 0) is 43.0 Å². The van der Waals surface area contributed by atoms with E-state index in [1.807, 2.05) is 0 Å². The Morgan fingerprint density at radius 1 is 1.20 bits per heavy atom. The van der Waals surface area contributed by atoms with Crippen LogP contribution in [-0.2, 0) is 0 Å². The van der Waals surface area contributed by atoms with E-state index < -0.39 is 0 Å². The van der Waals surface area contributed by atoms with Gasteiger partial charge in [0.25, 0.3) is 0 Å². The van der Waals surface area contributed by atoms with Crippen LogP contribution in [0.25, 0.3) is 0 Å². The van der Waals surface area contributed by atoms with Gasteiger partial charge >= 0.3 is 0 Å². The fourth-order valence-corrected chi connectivity index (χ4v) is 2.61. The lowest BCUT2D eigenvalue weighted by Crippen LogP contribution is -2.26. The predicted octanol–water partition coefficient (Wildman–Crippen LogP) is 4.44. The fraction of sp³-hybridized carbons (Fsp3) is 0.538. The standard InChI is InChI=1S/C13H18BrN/c1-10-3-2-4-13(9-10)15-12-7-5-11(14)6-8-12/h5-8,10,13,15H,2-4,9H2,1H3. The van der Waals surface area contributed by atoms with Gasteiger partial charge in [0, 0.05) is 16.2 Å². The zero-order valence-corrected chi connectivity index (χ0v) is 10.8. The van der Waals surface area contributed by atoms with Crippen LogP contribution in [0.3, 0.4) is 0 Å². The van der Waals surface area contributed by atoms with E-state index in [2.05, 4.69) is 52.4 Å². The lowest BCUT2D eigenvalue weighted by Gasteiger charge is -2.28. The maximum Gasteiger partial charge on any atom is 0.0343 e. The summed E-state index contributed by atoms with van der Waals surface area (Å²) in [5, 5.41) is 3.62. The maximum atomic E-state index is 3.62. The molecule has 15 heavy (non-hydrogen) atoms. The highest BCUT2D eigenvalue weighted by atomic mass is 79.9. The summed E-state index contributed by atoms with van der Waals surface area (Å²) < 4.78 is 1.14. The molecule has 0 saturated heterocycles. The minimum absolute atomic E-state index is 0.676. The summed E-state index contributed by atoms with van der Waals surface area (Å²) in [6.07, 6.45) is 5.41. The summed E-state index contributed by atoms with van der Waals surface area (Å²) in [7, 11) is 0. The molecule has 2 atom stereocenters. The second kappa shape index (κ2) is 5.02. The first-order chi connectivity index (χ1) is 7.24. The van der Waals surface area contributed by atoms with Crippen LogP contribution in [0, 0.1) is 5.92 Å². The Morgan fingerprint density at radius 2 is 1.93 bits per heavy atom. The molecule has 0 spiro atoms. The molecule has 0 heterocycles. The van der Waals surface area contributed by atoms with Crippen molar-refractivity contribution in [1.82, 2.24) is 0 Å². The molecular formula is C13H18BrN. The first kappa shape index (κ1) is 11.0. The highest BCUT2D eigenvalue weighted by Crippen LogP contribution is 2.26. The van der Waals surface area contributed by atoms with Gasteiger partial charge in [-0.1, -0.05) is 35.7 Å². The number of hydrogen-bond acceptors (Lipinski definition) is 1. The molecule has 0 amide bonds. The van der Waals surface area contributed by atoms with Crippen LogP contribution in [0.1, 0.15) is 32.6 Å². The Bertz CT molecular complexity index is 307. The number of rotatable bonds is 2. The van der Waals surface area contributed by atoms with Crippen LogP contribution in [0.15, 0.2) is 28.7 Å². The van der Waals surface area contributed by atoms with E-state index in [1.165, 1.54) is 31.4 Å². The molecule has 0 bridgehead atoms. The highest BCUT2D eigenvalue weighted by molar-refractivity contribution is 9.10. The summed E-state index contributed by atoms with van der Waals surface area (Å²) in [6, 6.07) is 9.14. The second-order valence-corrected chi connectivity index (χ2v) is 5.54. The molecule has 2 heteroatoms. The topological polar surface area (TPSA) is 12.0 Å². The average Bonchev–Trinajstić information content (AvgIpc) is 2.22. The van der Waals surface area contributed by atoms with E-state index in [9.17, 15) is 0 Å². The van der Waals surface area contributed by atoms with Crippen LogP contribution in [0.5, 0.6) is 0 Å². The Kier molecular flexibility index (Phi) is 3.68. The SMILES string of the molecule is CC1CCCC(Nc2ccc(Br)cc2)C1. The number of benzene rings is 1. The highest BCUT2D eigenvalue weighted by Gasteiger charge is 2.18. The molecule has 1 nitrogen and oxygen atoms in total. The van der Waals surface area contributed by atoms with Gasteiger partial charge in [-0.25, -0.2) is 0 Å². The quantitative estimate of drug-likeness (QED) is 0.836. The van der Waals surface area contributed by atoms with E-state index in [1.54, 1.807) is 0 Å². The van der Waals surface area contributed by atoms with Gasteiger partial charge in [0.15, 0.2) is 0 Å². The molecule has 1 N–H and O–H groups in total. The summed E-state index contributed by atoms with van der Waals surface area (Å²) >= 11 is 3.45. The van der Waals surface area contributed by atoms with Crippen LogP contribution < -0.4 is 5.32 Å². The van der Waals surface area contributed by atoms with Crippen molar-refractivity contribution in [1.29, 1.82) is 0 Å². The van der Waals surface area contributed by atoms with Crippen molar-refractivity contribution in [2.24, 2.45) is 5.92 Å². The van der Waals surface area contributed by atoms with Crippen LogP contribution in [0.2, 0.25) is 0 Å². The average molecular weight is 268 g/mol. The zero-order chi connectivity index (χ0) is 10.7. The molecule has 1 aromatic rings. The molecular weight excluding hydrogens is 250 g/mol. The normalized spacial score (nSPS) is 26.3. The number of halogens is 1. The number of hydrogen-bond donors (Lipinski definition) is 1. The third-order valence-corrected chi connectivity index (χ3v) is 3.68. The molecule has 0 aliphatic heterocycles. The Balaban J connectivity index is 1.93. The predicted molar refractivity (Wildman–Crippen MR) is 69.2 cm³/mol. The molecule has 1 aliphatic carbocycles. The number of anilines is 1. The van der Waals surface area contributed by atoms with Crippen LogP contribution in [0.4, 0.5) is 5.69 Å². The lowest BCUT2D eigenvalue weighted by molar-refractivity contribution is 0.358. The lowest BCUT2D eigenvalue weighted by atomic mass is 9.87.